The van der Waals surface area contributed by atoms with Gasteiger partial charge in [0.25, 0.3) is 5.56 Å². The summed E-state index contributed by atoms with van der Waals surface area (Å²) in [5.74, 6) is 0.449. The molecule has 1 aromatic carbocycles. The van der Waals surface area contributed by atoms with Crippen molar-refractivity contribution in [2.45, 2.75) is 25.8 Å². The average Bonchev–Trinajstić information content (AvgIpc) is 3.40. The predicted octanol–water partition coefficient (Wildman–Crippen LogP) is 4.73. The molecule has 0 fully saturated rings. The van der Waals surface area contributed by atoms with Crippen molar-refractivity contribution in [3.8, 4) is 10.4 Å². The average molecular weight is 425 g/mol. The quantitative estimate of drug-likeness (QED) is 0.402. The van der Waals surface area contributed by atoms with Gasteiger partial charge < -0.3 is 4.74 Å². The van der Waals surface area contributed by atoms with Gasteiger partial charge in [0.1, 0.15) is 10.7 Å². The summed E-state index contributed by atoms with van der Waals surface area (Å²) in [6, 6.07) is 14.0. The molecule has 0 radical (unpaired) electrons. The molecule has 4 aromatic rings. The molecule has 0 aliphatic heterocycles. The van der Waals surface area contributed by atoms with E-state index in [1.165, 1.54) is 18.4 Å². The van der Waals surface area contributed by atoms with Crippen molar-refractivity contribution in [2.24, 2.45) is 0 Å². The Labute approximate surface area is 176 Å². The van der Waals surface area contributed by atoms with E-state index in [2.05, 4.69) is 0 Å². The van der Waals surface area contributed by atoms with Gasteiger partial charge in [-0.1, -0.05) is 36.4 Å². The van der Waals surface area contributed by atoms with Gasteiger partial charge in [0, 0.05) is 35.2 Å². The zero-order valence-electron chi connectivity index (χ0n) is 16.0. The maximum absolute atomic E-state index is 13.5. The number of aromatic nitrogens is 2. The highest BCUT2D eigenvalue weighted by Gasteiger charge is 2.18. The van der Waals surface area contributed by atoms with E-state index in [-0.39, 0.29) is 17.9 Å². The molecule has 5 nitrogen and oxygen atoms in total. The minimum absolute atomic E-state index is 0.0459. The number of methoxy groups -OCH3 is 1. The van der Waals surface area contributed by atoms with Crippen LogP contribution in [0.5, 0.6) is 0 Å². The number of fused-ring (bicyclic) bond motifs is 1. The first-order chi connectivity index (χ1) is 14.2. The molecule has 0 aliphatic rings. The standard InChI is InChI=1S/C22H20N2O3S2/c1-27-19(25)10-5-11-24-18(13-15-7-3-2-4-8-15)23-21-20(22(24)26)16(14-29-21)17-9-6-12-28-17/h2-4,6-9,12,14H,5,10-11,13H2,1H3. The fraction of sp³-hybridized carbons (Fsp3) is 0.227. The van der Waals surface area contributed by atoms with Crippen LogP contribution in [0.2, 0.25) is 0 Å². The van der Waals surface area contributed by atoms with E-state index < -0.39 is 0 Å². The molecule has 0 saturated heterocycles. The van der Waals surface area contributed by atoms with Gasteiger partial charge in [0.05, 0.1) is 12.5 Å². The third kappa shape index (κ3) is 4.16. The number of hydrogen-bond acceptors (Lipinski definition) is 6. The summed E-state index contributed by atoms with van der Waals surface area (Å²) >= 11 is 3.11. The number of carbonyl (C=O) groups excluding carboxylic acids is 1. The lowest BCUT2D eigenvalue weighted by molar-refractivity contribution is -0.140. The molecule has 0 atom stereocenters. The van der Waals surface area contributed by atoms with Crippen LogP contribution < -0.4 is 5.56 Å². The predicted molar refractivity (Wildman–Crippen MR) is 118 cm³/mol. The topological polar surface area (TPSA) is 61.2 Å². The third-order valence-electron chi connectivity index (χ3n) is 4.75. The highest BCUT2D eigenvalue weighted by atomic mass is 32.1. The molecule has 3 aromatic heterocycles. The normalized spacial score (nSPS) is 11.1. The van der Waals surface area contributed by atoms with Crippen LogP contribution in [0.25, 0.3) is 20.7 Å². The largest absolute Gasteiger partial charge is 0.469 e. The number of nitrogens with zero attached hydrogens (tertiary/aromatic N) is 2. The monoisotopic (exact) mass is 424 g/mol. The van der Waals surface area contributed by atoms with Crippen molar-refractivity contribution in [1.82, 2.24) is 9.55 Å². The Balaban J connectivity index is 1.78. The SMILES string of the molecule is COC(=O)CCCn1c(Cc2ccccc2)nc2scc(-c3cccs3)c2c1=O. The summed E-state index contributed by atoms with van der Waals surface area (Å²) in [5, 5.41) is 4.67. The minimum atomic E-state index is -0.272. The van der Waals surface area contributed by atoms with Crippen LogP contribution in [0.4, 0.5) is 0 Å². The molecule has 29 heavy (non-hydrogen) atoms. The number of hydrogen-bond donors (Lipinski definition) is 0. The van der Waals surface area contributed by atoms with E-state index in [0.717, 1.165) is 26.7 Å². The second kappa shape index (κ2) is 8.71. The van der Waals surface area contributed by atoms with Crippen LogP contribution in [0.1, 0.15) is 24.2 Å². The summed E-state index contributed by atoms with van der Waals surface area (Å²) in [6.07, 6.45) is 1.36. The van der Waals surface area contributed by atoms with E-state index in [1.54, 1.807) is 15.9 Å². The van der Waals surface area contributed by atoms with Crippen LogP contribution in [-0.4, -0.2) is 22.6 Å². The molecule has 0 unspecified atom stereocenters. The molecule has 3 heterocycles. The molecule has 7 heteroatoms. The molecule has 0 bridgehead atoms. The maximum atomic E-state index is 13.5. The van der Waals surface area contributed by atoms with Crippen molar-refractivity contribution in [3.63, 3.8) is 0 Å². The zero-order chi connectivity index (χ0) is 20.2. The molecular formula is C22H20N2O3S2. The van der Waals surface area contributed by atoms with Gasteiger partial charge in [0.15, 0.2) is 0 Å². The van der Waals surface area contributed by atoms with E-state index in [1.807, 2.05) is 53.2 Å². The van der Waals surface area contributed by atoms with E-state index in [4.69, 9.17) is 9.72 Å². The number of carbonyl (C=O) groups is 1. The maximum Gasteiger partial charge on any atom is 0.305 e. The van der Waals surface area contributed by atoms with Crippen molar-refractivity contribution >= 4 is 38.9 Å². The molecule has 0 spiro atoms. The second-order valence-electron chi connectivity index (χ2n) is 6.63. The van der Waals surface area contributed by atoms with Crippen LogP contribution in [0.3, 0.4) is 0 Å². The van der Waals surface area contributed by atoms with Crippen molar-refractivity contribution in [2.75, 3.05) is 7.11 Å². The minimum Gasteiger partial charge on any atom is -0.469 e. The van der Waals surface area contributed by atoms with Crippen LogP contribution in [0.15, 0.2) is 58.0 Å². The van der Waals surface area contributed by atoms with Gasteiger partial charge in [-0.2, -0.15) is 0 Å². The highest BCUT2D eigenvalue weighted by Crippen LogP contribution is 2.34. The van der Waals surface area contributed by atoms with Crippen LogP contribution in [0, 0.1) is 0 Å². The zero-order valence-corrected chi connectivity index (χ0v) is 17.6. The molecule has 0 aliphatic carbocycles. The van der Waals surface area contributed by atoms with Gasteiger partial charge >= 0.3 is 5.97 Å². The van der Waals surface area contributed by atoms with Crippen molar-refractivity contribution in [1.29, 1.82) is 0 Å². The highest BCUT2D eigenvalue weighted by molar-refractivity contribution is 7.18. The summed E-state index contributed by atoms with van der Waals surface area (Å²) in [4.78, 5) is 31.7. The summed E-state index contributed by atoms with van der Waals surface area (Å²) in [5.41, 5.74) is 1.98. The molecular weight excluding hydrogens is 404 g/mol. The van der Waals surface area contributed by atoms with Gasteiger partial charge in [-0.15, -0.1) is 22.7 Å². The Bertz CT molecular complexity index is 1180. The number of benzene rings is 1. The lowest BCUT2D eigenvalue weighted by Crippen LogP contribution is -2.26. The smallest absolute Gasteiger partial charge is 0.305 e. The fourth-order valence-corrected chi connectivity index (χ4v) is 5.08. The Hall–Kier alpha value is -2.77. The van der Waals surface area contributed by atoms with Gasteiger partial charge in [-0.3, -0.25) is 14.2 Å². The Morgan fingerprint density at radius 2 is 1.97 bits per heavy atom. The fourth-order valence-electron chi connectivity index (χ4n) is 3.31. The lowest BCUT2D eigenvalue weighted by Gasteiger charge is -2.13. The molecule has 0 N–H and O–H groups in total. The molecule has 4 rings (SSSR count). The Morgan fingerprint density at radius 3 is 2.69 bits per heavy atom. The first-order valence-electron chi connectivity index (χ1n) is 9.33. The summed E-state index contributed by atoms with van der Waals surface area (Å²) in [7, 11) is 1.38. The Morgan fingerprint density at radius 1 is 1.14 bits per heavy atom. The molecule has 0 saturated carbocycles. The third-order valence-corrected chi connectivity index (χ3v) is 6.53. The summed E-state index contributed by atoms with van der Waals surface area (Å²) < 4.78 is 6.46. The van der Waals surface area contributed by atoms with Crippen LogP contribution in [-0.2, 0) is 22.5 Å². The van der Waals surface area contributed by atoms with E-state index >= 15 is 0 Å². The number of esters is 1. The van der Waals surface area contributed by atoms with Crippen molar-refractivity contribution < 1.29 is 9.53 Å². The Kier molecular flexibility index (Phi) is 5.87. The first-order valence-corrected chi connectivity index (χ1v) is 11.1. The lowest BCUT2D eigenvalue weighted by atomic mass is 10.1. The number of rotatable bonds is 7. The number of ether oxygens (including phenoxy) is 1. The van der Waals surface area contributed by atoms with Gasteiger partial charge in [-0.05, 0) is 23.4 Å². The first kappa shape index (κ1) is 19.5. The van der Waals surface area contributed by atoms with E-state index in [0.29, 0.717) is 24.8 Å². The molecule has 0 amide bonds. The van der Waals surface area contributed by atoms with E-state index in [9.17, 15) is 9.59 Å². The van der Waals surface area contributed by atoms with Crippen molar-refractivity contribution in [3.05, 3.63) is 75.0 Å². The summed E-state index contributed by atoms with van der Waals surface area (Å²) in [6.45, 7) is 0.429. The van der Waals surface area contributed by atoms with Crippen LogP contribution >= 0.6 is 22.7 Å². The molecule has 148 valence electrons. The van der Waals surface area contributed by atoms with Gasteiger partial charge in [-0.25, -0.2) is 4.98 Å². The second-order valence-corrected chi connectivity index (χ2v) is 8.44. The number of thiophene rings is 2. The van der Waals surface area contributed by atoms with Gasteiger partial charge in [0.2, 0.25) is 0 Å².